The van der Waals surface area contributed by atoms with Gasteiger partial charge in [-0.3, -0.25) is 4.79 Å². The second kappa shape index (κ2) is 4.81. The fourth-order valence-corrected chi connectivity index (χ4v) is 3.03. The van der Waals surface area contributed by atoms with E-state index in [9.17, 15) is 4.79 Å². The number of amides is 1. The predicted octanol–water partition coefficient (Wildman–Crippen LogP) is 2.05. The lowest BCUT2D eigenvalue weighted by molar-refractivity contribution is -0.0442. The first kappa shape index (κ1) is 13.5. The highest BCUT2D eigenvalue weighted by atomic mass is 16.5. The van der Waals surface area contributed by atoms with Crippen LogP contribution in [0.1, 0.15) is 49.1 Å². The van der Waals surface area contributed by atoms with Crippen LogP contribution in [0.2, 0.25) is 0 Å². The molecule has 2 fully saturated rings. The van der Waals surface area contributed by atoms with Crippen molar-refractivity contribution in [2.24, 2.45) is 0 Å². The second-order valence-corrected chi connectivity index (χ2v) is 6.28. The van der Waals surface area contributed by atoms with Gasteiger partial charge in [-0.25, -0.2) is 0 Å². The normalized spacial score (nSPS) is 26.8. The summed E-state index contributed by atoms with van der Waals surface area (Å²) in [5.74, 6) is 0.0802. The maximum absolute atomic E-state index is 12.8. The number of aromatic nitrogens is 1. The first-order valence-corrected chi connectivity index (χ1v) is 7.34. The number of nitrogens with zero attached hydrogens (tertiary/aromatic N) is 2. The summed E-state index contributed by atoms with van der Waals surface area (Å²) < 4.78 is 7.62. The minimum absolute atomic E-state index is 0.0802. The van der Waals surface area contributed by atoms with Crippen LogP contribution in [0, 0.1) is 0 Å². The zero-order valence-corrected chi connectivity index (χ0v) is 12.3. The van der Waals surface area contributed by atoms with Crippen molar-refractivity contribution in [3.05, 3.63) is 18.0 Å². The van der Waals surface area contributed by atoms with Gasteiger partial charge in [0.15, 0.2) is 0 Å². The van der Waals surface area contributed by atoms with E-state index in [0.717, 1.165) is 37.9 Å². The number of ether oxygens (including phenoxy) is 1. The molecule has 5 nitrogen and oxygen atoms in total. The summed E-state index contributed by atoms with van der Waals surface area (Å²) in [6, 6.07) is 2.27. The lowest BCUT2D eigenvalue weighted by Gasteiger charge is -2.39. The maximum Gasteiger partial charge on any atom is 0.270 e. The molecular weight excluding hydrogens is 254 g/mol. The van der Waals surface area contributed by atoms with Gasteiger partial charge in [0.05, 0.1) is 11.3 Å². The average Bonchev–Trinajstić information content (AvgIpc) is 3.21. The van der Waals surface area contributed by atoms with E-state index in [-0.39, 0.29) is 11.5 Å². The van der Waals surface area contributed by atoms with Gasteiger partial charge in [0, 0.05) is 32.4 Å². The van der Waals surface area contributed by atoms with Gasteiger partial charge in [-0.2, -0.15) is 0 Å². The summed E-state index contributed by atoms with van der Waals surface area (Å²) in [5, 5.41) is 0. The number of carbonyl (C=O) groups excluding carboxylic acids is 1. The zero-order chi connectivity index (χ0) is 14.3. The van der Waals surface area contributed by atoms with E-state index >= 15 is 0 Å². The number of piperidine rings is 1. The summed E-state index contributed by atoms with van der Waals surface area (Å²) in [6.45, 7) is 3.52. The Kier molecular flexibility index (Phi) is 3.24. The highest BCUT2D eigenvalue weighted by Gasteiger charge is 2.35. The fourth-order valence-electron chi connectivity index (χ4n) is 3.03. The molecule has 1 atom stereocenters. The van der Waals surface area contributed by atoms with Crippen LogP contribution < -0.4 is 5.73 Å². The van der Waals surface area contributed by atoms with Crippen LogP contribution in [0.4, 0.5) is 5.69 Å². The molecule has 5 heteroatoms. The molecule has 2 N–H and O–H groups in total. The molecule has 0 bridgehead atoms. The largest absolute Gasteiger partial charge is 0.397 e. The molecule has 20 heavy (non-hydrogen) atoms. The Morgan fingerprint density at radius 3 is 2.90 bits per heavy atom. The molecule has 1 unspecified atom stereocenters. The molecule has 0 radical (unpaired) electrons. The van der Waals surface area contributed by atoms with Gasteiger partial charge in [0.1, 0.15) is 5.69 Å². The first-order chi connectivity index (χ1) is 9.52. The molecule has 2 aliphatic rings. The Bertz CT molecular complexity index is 521. The topological polar surface area (TPSA) is 60.5 Å². The van der Waals surface area contributed by atoms with Crippen LogP contribution in [-0.4, -0.2) is 41.2 Å². The van der Waals surface area contributed by atoms with Crippen LogP contribution in [-0.2, 0) is 4.74 Å². The predicted molar refractivity (Wildman–Crippen MR) is 77.7 cm³/mol. The SMILES string of the molecule is COC1(C)CCCN(C(=O)c2cc(N)cn2C2CC2)C1. The minimum atomic E-state index is -0.226. The number of nitrogens with two attached hydrogens (primary N) is 1. The second-order valence-electron chi connectivity index (χ2n) is 6.28. The monoisotopic (exact) mass is 277 g/mol. The standard InChI is InChI=1S/C15H23N3O2/c1-15(20-2)6-3-7-17(10-15)14(19)13-8-11(16)9-18(13)12-4-5-12/h8-9,12H,3-7,10,16H2,1-2H3. The molecule has 1 aromatic heterocycles. The van der Waals surface area contributed by atoms with Crippen molar-refractivity contribution in [2.75, 3.05) is 25.9 Å². The van der Waals surface area contributed by atoms with Crippen LogP contribution in [0.25, 0.3) is 0 Å². The number of hydrogen-bond donors (Lipinski definition) is 1. The number of nitrogen functional groups attached to an aromatic ring is 1. The van der Waals surface area contributed by atoms with E-state index in [4.69, 9.17) is 10.5 Å². The molecule has 0 spiro atoms. The number of methoxy groups -OCH3 is 1. The molecule has 1 saturated carbocycles. The summed E-state index contributed by atoms with van der Waals surface area (Å²) >= 11 is 0. The summed E-state index contributed by atoms with van der Waals surface area (Å²) in [5.41, 5.74) is 7.05. The van der Waals surface area contributed by atoms with Crippen LogP contribution in [0.5, 0.6) is 0 Å². The lowest BCUT2D eigenvalue weighted by Crippen LogP contribution is -2.50. The van der Waals surface area contributed by atoms with E-state index < -0.39 is 0 Å². The Balaban J connectivity index is 1.81. The van der Waals surface area contributed by atoms with Crippen LogP contribution in [0.15, 0.2) is 12.3 Å². The molecule has 3 rings (SSSR count). The molecule has 110 valence electrons. The van der Waals surface area contributed by atoms with Crippen LogP contribution >= 0.6 is 0 Å². The summed E-state index contributed by atoms with van der Waals surface area (Å²) in [7, 11) is 1.72. The number of anilines is 1. The van der Waals surface area contributed by atoms with Gasteiger partial charge < -0.3 is 19.9 Å². The highest BCUT2D eigenvalue weighted by molar-refractivity contribution is 5.94. The third-order valence-corrected chi connectivity index (χ3v) is 4.47. The number of likely N-dealkylation sites (tertiary alicyclic amines) is 1. The van der Waals surface area contributed by atoms with Gasteiger partial charge in [-0.05, 0) is 38.7 Å². The molecule has 1 aliphatic heterocycles. The van der Waals surface area contributed by atoms with Crippen LogP contribution in [0.3, 0.4) is 0 Å². The summed E-state index contributed by atoms with van der Waals surface area (Å²) in [6.07, 6.45) is 6.16. The zero-order valence-electron chi connectivity index (χ0n) is 12.3. The first-order valence-electron chi connectivity index (χ1n) is 7.34. The average molecular weight is 277 g/mol. The summed E-state index contributed by atoms with van der Waals surface area (Å²) in [4.78, 5) is 14.7. The van der Waals surface area contributed by atoms with Gasteiger partial charge in [0.2, 0.25) is 0 Å². The van der Waals surface area contributed by atoms with Crippen molar-refractivity contribution >= 4 is 11.6 Å². The molecule has 1 amide bonds. The Labute approximate surface area is 119 Å². The quantitative estimate of drug-likeness (QED) is 0.919. The minimum Gasteiger partial charge on any atom is -0.397 e. The molecule has 0 aromatic carbocycles. The molecule has 2 heterocycles. The van der Waals surface area contributed by atoms with Crippen molar-refractivity contribution in [3.63, 3.8) is 0 Å². The van der Waals surface area contributed by atoms with Crippen molar-refractivity contribution in [1.82, 2.24) is 9.47 Å². The Morgan fingerprint density at radius 2 is 2.25 bits per heavy atom. The van der Waals surface area contributed by atoms with Crippen molar-refractivity contribution in [1.29, 1.82) is 0 Å². The number of carbonyl (C=O) groups is 1. The van der Waals surface area contributed by atoms with Gasteiger partial charge in [0.25, 0.3) is 5.91 Å². The smallest absolute Gasteiger partial charge is 0.270 e. The van der Waals surface area contributed by atoms with Gasteiger partial charge in [-0.1, -0.05) is 0 Å². The third-order valence-electron chi connectivity index (χ3n) is 4.47. The Morgan fingerprint density at radius 1 is 1.50 bits per heavy atom. The van der Waals surface area contributed by atoms with E-state index in [1.807, 2.05) is 11.1 Å². The number of hydrogen-bond acceptors (Lipinski definition) is 3. The van der Waals surface area contributed by atoms with E-state index in [1.165, 1.54) is 0 Å². The third kappa shape index (κ3) is 2.42. The van der Waals surface area contributed by atoms with E-state index in [0.29, 0.717) is 18.3 Å². The fraction of sp³-hybridized carbons (Fsp3) is 0.667. The van der Waals surface area contributed by atoms with E-state index in [1.54, 1.807) is 13.2 Å². The van der Waals surface area contributed by atoms with Gasteiger partial charge in [-0.15, -0.1) is 0 Å². The number of rotatable bonds is 3. The maximum atomic E-state index is 12.8. The van der Waals surface area contributed by atoms with E-state index in [2.05, 4.69) is 11.5 Å². The van der Waals surface area contributed by atoms with Crippen molar-refractivity contribution < 1.29 is 9.53 Å². The molecular formula is C15H23N3O2. The van der Waals surface area contributed by atoms with Crippen molar-refractivity contribution in [3.8, 4) is 0 Å². The molecule has 1 saturated heterocycles. The lowest BCUT2D eigenvalue weighted by atomic mass is 9.94. The molecule has 1 aliphatic carbocycles. The molecule has 1 aromatic rings. The Hall–Kier alpha value is -1.49. The van der Waals surface area contributed by atoms with Gasteiger partial charge >= 0.3 is 0 Å². The van der Waals surface area contributed by atoms with Crippen molar-refractivity contribution in [2.45, 2.75) is 44.2 Å². The highest BCUT2D eigenvalue weighted by Crippen LogP contribution is 2.37.